The Kier molecular flexibility index (Phi) is 6.70. The normalized spacial score (nSPS) is 12.1. The molecule has 6 heteroatoms. The monoisotopic (exact) mass is 417 g/mol. The zero-order valence-corrected chi connectivity index (χ0v) is 17.9. The Balaban J connectivity index is 1.82. The molecule has 31 heavy (non-hydrogen) atoms. The average Bonchev–Trinajstić information content (AvgIpc) is 2.76. The molecule has 1 unspecified atom stereocenters. The van der Waals surface area contributed by atoms with E-state index in [1.54, 1.807) is 24.5 Å². The highest BCUT2D eigenvalue weighted by Crippen LogP contribution is 2.22. The largest absolute Gasteiger partial charge is 0.465 e. The lowest BCUT2D eigenvalue weighted by atomic mass is 10.0. The molecule has 1 aromatic heterocycles. The van der Waals surface area contributed by atoms with Gasteiger partial charge in [0.2, 0.25) is 0 Å². The van der Waals surface area contributed by atoms with Crippen molar-refractivity contribution < 1.29 is 14.7 Å². The lowest BCUT2D eigenvalue weighted by molar-refractivity contribution is 0.0822. The van der Waals surface area contributed by atoms with Gasteiger partial charge in [-0.3, -0.25) is 9.78 Å². The number of pyridine rings is 1. The van der Waals surface area contributed by atoms with Crippen molar-refractivity contribution in [1.82, 2.24) is 15.2 Å². The third-order valence-corrected chi connectivity index (χ3v) is 5.07. The molecule has 1 atom stereocenters. The second-order valence-corrected chi connectivity index (χ2v) is 8.31. The van der Waals surface area contributed by atoms with Crippen molar-refractivity contribution in [3.05, 3.63) is 90.3 Å². The predicted octanol–water partition coefficient (Wildman–Crippen LogP) is 5.00. The number of hydrogen-bond acceptors (Lipinski definition) is 3. The van der Waals surface area contributed by atoms with Crippen LogP contribution in [0.1, 0.15) is 42.7 Å². The lowest BCUT2D eigenvalue weighted by Gasteiger charge is -2.36. The smallest absolute Gasteiger partial charge is 0.407 e. The van der Waals surface area contributed by atoms with Crippen molar-refractivity contribution in [1.29, 1.82) is 0 Å². The van der Waals surface area contributed by atoms with Crippen LogP contribution in [0, 0.1) is 0 Å². The van der Waals surface area contributed by atoms with Gasteiger partial charge >= 0.3 is 6.09 Å². The molecule has 2 amide bonds. The summed E-state index contributed by atoms with van der Waals surface area (Å²) in [4.78, 5) is 30.2. The first kappa shape index (κ1) is 22.0. The lowest BCUT2D eigenvalue weighted by Crippen LogP contribution is -2.49. The van der Waals surface area contributed by atoms with Crippen molar-refractivity contribution in [2.75, 3.05) is 6.54 Å². The Bertz CT molecular complexity index is 1010. The van der Waals surface area contributed by atoms with Crippen LogP contribution in [-0.4, -0.2) is 39.1 Å². The van der Waals surface area contributed by atoms with E-state index in [1.807, 2.05) is 75.4 Å². The minimum absolute atomic E-state index is 0.143. The molecule has 1 heterocycles. The van der Waals surface area contributed by atoms with Gasteiger partial charge in [0.05, 0.1) is 6.04 Å². The number of carbonyl (C=O) groups excluding carboxylic acids is 1. The first-order valence-electron chi connectivity index (χ1n) is 10.1. The van der Waals surface area contributed by atoms with Crippen molar-refractivity contribution in [3.8, 4) is 11.1 Å². The summed E-state index contributed by atoms with van der Waals surface area (Å²) in [6.07, 6.45) is 2.43. The number of nitrogens with zero attached hydrogens (tertiary/aromatic N) is 2. The number of carbonyl (C=O) groups is 2. The highest BCUT2D eigenvalue weighted by molar-refractivity contribution is 5.95. The van der Waals surface area contributed by atoms with E-state index in [0.29, 0.717) is 5.56 Å². The molecule has 3 rings (SSSR count). The van der Waals surface area contributed by atoms with E-state index < -0.39 is 17.7 Å². The Morgan fingerprint density at radius 1 is 0.935 bits per heavy atom. The van der Waals surface area contributed by atoms with E-state index in [1.165, 1.54) is 4.90 Å². The van der Waals surface area contributed by atoms with Crippen LogP contribution in [0.15, 0.2) is 79.1 Å². The van der Waals surface area contributed by atoms with Gasteiger partial charge in [-0.05, 0) is 61.7 Å². The van der Waals surface area contributed by atoms with Gasteiger partial charge in [0.25, 0.3) is 5.91 Å². The molecule has 0 aliphatic heterocycles. The van der Waals surface area contributed by atoms with Gasteiger partial charge in [-0.15, -0.1) is 0 Å². The molecular formula is C25H27N3O3. The standard InChI is InChI=1S/C25H27N3O3/c1-25(2,3)28(24(30)31)17-22(20-7-5-4-6-8-20)27-23(29)21-11-9-18(10-12-21)19-13-15-26-16-14-19/h4-16,22H,17H2,1-3H3,(H,27,29)(H,30,31). The summed E-state index contributed by atoms with van der Waals surface area (Å²) in [6, 6.07) is 20.1. The first-order chi connectivity index (χ1) is 14.8. The fraction of sp³-hybridized carbons (Fsp3) is 0.240. The fourth-order valence-electron chi connectivity index (χ4n) is 3.34. The minimum Gasteiger partial charge on any atom is -0.465 e. The molecule has 2 aromatic carbocycles. The second-order valence-electron chi connectivity index (χ2n) is 8.31. The van der Waals surface area contributed by atoms with Gasteiger partial charge in [-0.25, -0.2) is 4.79 Å². The summed E-state index contributed by atoms with van der Waals surface area (Å²) < 4.78 is 0. The van der Waals surface area contributed by atoms with Crippen LogP contribution in [0.25, 0.3) is 11.1 Å². The Morgan fingerprint density at radius 2 is 1.52 bits per heavy atom. The molecule has 0 aliphatic carbocycles. The molecule has 2 N–H and O–H groups in total. The highest BCUT2D eigenvalue weighted by Gasteiger charge is 2.30. The molecule has 3 aromatic rings. The topological polar surface area (TPSA) is 82.5 Å². The number of amides is 2. The average molecular weight is 418 g/mol. The maximum absolute atomic E-state index is 13.0. The van der Waals surface area contributed by atoms with Crippen LogP contribution in [0.3, 0.4) is 0 Å². The van der Waals surface area contributed by atoms with Crippen molar-refractivity contribution >= 4 is 12.0 Å². The van der Waals surface area contributed by atoms with Crippen LogP contribution in [-0.2, 0) is 0 Å². The SMILES string of the molecule is CC(C)(C)N(CC(NC(=O)c1ccc(-c2ccncc2)cc1)c1ccccc1)C(=O)O. The number of rotatable bonds is 6. The zero-order valence-electron chi connectivity index (χ0n) is 17.9. The summed E-state index contributed by atoms with van der Waals surface area (Å²) in [7, 11) is 0. The van der Waals surface area contributed by atoms with Crippen molar-refractivity contribution in [2.45, 2.75) is 32.4 Å². The number of nitrogens with one attached hydrogen (secondary N) is 1. The van der Waals surface area contributed by atoms with Crippen LogP contribution in [0.4, 0.5) is 4.79 Å². The van der Waals surface area contributed by atoms with E-state index in [0.717, 1.165) is 16.7 Å². The van der Waals surface area contributed by atoms with Gasteiger partial charge in [0.1, 0.15) is 0 Å². The van der Waals surface area contributed by atoms with Gasteiger partial charge < -0.3 is 15.3 Å². The quantitative estimate of drug-likeness (QED) is 0.591. The first-order valence-corrected chi connectivity index (χ1v) is 10.1. The van der Waals surface area contributed by atoms with E-state index in [-0.39, 0.29) is 12.5 Å². The number of benzene rings is 2. The molecular weight excluding hydrogens is 390 g/mol. The fourth-order valence-corrected chi connectivity index (χ4v) is 3.34. The van der Waals surface area contributed by atoms with Crippen LogP contribution in [0.2, 0.25) is 0 Å². The summed E-state index contributed by atoms with van der Waals surface area (Å²) in [5.41, 5.74) is 2.77. The number of hydrogen-bond donors (Lipinski definition) is 2. The minimum atomic E-state index is -1.02. The predicted molar refractivity (Wildman–Crippen MR) is 121 cm³/mol. The van der Waals surface area contributed by atoms with Gasteiger partial charge in [-0.2, -0.15) is 0 Å². The maximum Gasteiger partial charge on any atom is 0.407 e. The molecule has 0 spiro atoms. The summed E-state index contributed by atoms with van der Waals surface area (Å²) >= 11 is 0. The van der Waals surface area contributed by atoms with E-state index in [9.17, 15) is 14.7 Å². The van der Waals surface area contributed by atoms with Crippen LogP contribution in [0.5, 0.6) is 0 Å². The molecule has 0 bridgehead atoms. The third-order valence-electron chi connectivity index (χ3n) is 5.07. The van der Waals surface area contributed by atoms with Crippen LogP contribution >= 0.6 is 0 Å². The Morgan fingerprint density at radius 3 is 2.06 bits per heavy atom. The summed E-state index contributed by atoms with van der Waals surface area (Å²) in [5, 5.41) is 12.7. The van der Waals surface area contributed by atoms with Crippen molar-refractivity contribution in [2.24, 2.45) is 0 Å². The Hall–Kier alpha value is -3.67. The van der Waals surface area contributed by atoms with Crippen LogP contribution < -0.4 is 5.32 Å². The Labute approximate surface area is 182 Å². The molecule has 0 saturated carbocycles. The number of aromatic nitrogens is 1. The second kappa shape index (κ2) is 9.43. The molecule has 0 radical (unpaired) electrons. The molecule has 0 fully saturated rings. The third kappa shape index (κ3) is 5.69. The molecule has 160 valence electrons. The molecule has 0 saturated heterocycles. The molecule has 6 nitrogen and oxygen atoms in total. The van der Waals surface area contributed by atoms with Crippen molar-refractivity contribution in [3.63, 3.8) is 0 Å². The van der Waals surface area contributed by atoms with Gasteiger partial charge in [-0.1, -0.05) is 42.5 Å². The van der Waals surface area contributed by atoms with E-state index in [2.05, 4.69) is 10.3 Å². The summed E-state index contributed by atoms with van der Waals surface area (Å²) in [6.45, 7) is 5.65. The van der Waals surface area contributed by atoms with Gasteiger partial charge in [0, 0.05) is 30.0 Å². The highest BCUT2D eigenvalue weighted by atomic mass is 16.4. The van der Waals surface area contributed by atoms with Gasteiger partial charge in [0.15, 0.2) is 0 Å². The van der Waals surface area contributed by atoms with E-state index >= 15 is 0 Å². The maximum atomic E-state index is 13.0. The molecule has 0 aliphatic rings. The zero-order chi connectivity index (χ0) is 22.4. The van der Waals surface area contributed by atoms with E-state index in [4.69, 9.17) is 0 Å². The number of carboxylic acid groups (broad SMARTS) is 1. The summed E-state index contributed by atoms with van der Waals surface area (Å²) in [5.74, 6) is -0.255.